The molecule has 0 aliphatic carbocycles. The molecule has 0 saturated carbocycles. The molecule has 0 spiro atoms. The van der Waals surface area contributed by atoms with Gasteiger partial charge >= 0.3 is 0 Å². The molecule has 0 atom stereocenters. The zero-order chi connectivity index (χ0) is 12.8. The van der Waals surface area contributed by atoms with Crippen molar-refractivity contribution in [1.82, 2.24) is 0 Å². The van der Waals surface area contributed by atoms with Crippen molar-refractivity contribution in [2.24, 2.45) is 5.16 Å². The van der Waals surface area contributed by atoms with Gasteiger partial charge in [0.2, 0.25) is 0 Å². The quantitative estimate of drug-likeness (QED) is 0.499. The first-order valence-corrected chi connectivity index (χ1v) is 6.18. The van der Waals surface area contributed by atoms with Crippen molar-refractivity contribution in [2.75, 3.05) is 0 Å². The Morgan fingerprint density at radius 1 is 1.00 bits per heavy atom. The Morgan fingerprint density at radius 3 is 2.28 bits per heavy atom. The van der Waals surface area contributed by atoms with Crippen molar-refractivity contribution >= 4 is 17.3 Å². The summed E-state index contributed by atoms with van der Waals surface area (Å²) in [5.74, 6) is 0. The maximum absolute atomic E-state index is 9.07. The van der Waals surface area contributed by atoms with E-state index in [-0.39, 0.29) is 0 Å². The number of hydrogen-bond acceptors (Lipinski definition) is 2. The molecule has 0 bridgehead atoms. The molecule has 3 heteroatoms. The van der Waals surface area contributed by atoms with E-state index in [0.717, 1.165) is 17.0 Å². The van der Waals surface area contributed by atoms with Crippen molar-refractivity contribution in [3.8, 4) is 0 Å². The van der Waals surface area contributed by atoms with Crippen molar-refractivity contribution in [1.29, 1.82) is 0 Å². The first kappa shape index (κ1) is 12.7. The topological polar surface area (TPSA) is 32.6 Å². The summed E-state index contributed by atoms with van der Waals surface area (Å²) in [7, 11) is 0. The Kier molecular flexibility index (Phi) is 4.37. The Morgan fingerprint density at radius 2 is 1.67 bits per heavy atom. The molecule has 18 heavy (non-hydrogen) atoms. The summed E-state index contributed by atoms with van der Waals surface area (Å²) >= 11 is 5.83. The average molecular weight is 260 g/mol. The minimum Gasteiger partial charge on any atom is -0.411 e. The van der Waals surface area contributed by atoms with Gasteiger partial charge in [-0.2, -0.15) is 0 Å². The van der Waals surface area contributed by atoms with E-state index in [2.05, 4.69) is 5.16 Å². The van der Waals surface area contributed by atoms with E-state index in [0.29, 0.717) is 12.1 Å². The molecule has 2 rings (SSSR count). The highest BCUT2D eigenvalue weighted by Gasteiger charge is 2.04. The normalized spacial score (nSPS) is 11.5. The fourth-order valence-corrected chi connectivity index (χ4v) is 1.92. The molecular formula is C15H14ClNO. The van der Waals surface area contributed by atoms with Crippen LogP contribution in [0.4, 0.5) is 0 Å². The number of oxime groups is 1. The molecule has 1 N–H and O–H groups in total. The third-order valence-corrected chi connectivity index (χ3v) is 3.04. The Balaban J connectivity index is 2.03. The monoisotopic (exact) mass is 259 g/mol. The minimum atomic E-state index is 0.697. The van der Waals surface area contributed by atoms with Crippen LogP contribution in [0.25, 0.3) is 0 Å². The van der Waals surface area contributed by atoms with E-state index >= 15 is 0 Å². The van der Waals surface area contributed by atoms with Gasteiger partial charge in [0.15, 0.2) is 0 Å². The van der Waals surface area contributed by atoms with Crippen LogP contribution in [-0.2, 0) is 6.42 Å². The van der Waals surface area contributed by atoms with E-state index in [1.54, 1.807) is 0 Å². The van der Waals surface area contributed by atoms with E-state index in [1.165, 1.54) is 5.56 Å². The van der Waals surface area contributed by atoms with Crippen molar-refractivity contribution < 1.29 is 5.21 Å². The molecule has 0 aliphatic rings. The lowest BCUT2D eigenvalue weighted by Crippen LogP contribution is -2.02. The van der Waals surface area contributed by atoms with E-state index < -0.39 is 0 Å². The van der Waals surface area contributed by atoms with Crippen LogP contribution < -0.4 is 0 Å². The molecule has 2 nitrogen and oxygen atoms in total. The van der Waals surface area contributed by atoms with E-state index in [1.807, 2.05) is 54.6 Å². The van der Waals surface area contributed by atoms with Crippen LogP contribution in [-0.4, -0.2) is 10.9 Å². The van der Waals surface area contributed by atoms with Crippen LogP contribution in [0.15, 0.2) is 59.8 Å². The third kappa shape index (κ3) is 3.34. The first-order chi connectivity index (χ1) is 8.79. The number of rotatable bonds is 4. The highest BCUT2D eigenvalue weighted by Crippen LogP contribution is 2.13. The average Bonchev–Trinajstić information content (AvgIpc) is 2.43. The second kappa shape index (κ2) is 6.22. The number of halogens is 1. The summed E-state index contributed by atoms with van der Waals surface area (Å²) in [4.78, 5) is 0. The van der Waals surface area contributed by atoms with Crippen LogP contribution in [0.2, 0.25) is 5.02 Å². The number of nitrogens with zero attached hydrogens (tertiary/aromatic N) is 1. The lowest BCUT2D eigenvalue weighted by Gasteiger charge is -2.05. The highest BCUT2D eigenvalue weighted by atomic mass is 35.5. The smallest absolute Gasteiger partial charge is 0.0871 e. The molecular weight excluding hydrogens is 246 g/mol. The van der Waals surface area contributed by atoms with Crippen LogP contribution in [0, 0.1) is 0 Å². The van der Waals surface area contributed by atoms with Gasteiger partial charge in [-0.1, -0.05) is 59.2 Å². The van der Waals surface area contributed by atoms with Gasteiger partial charge in [0.25, 0.3) is 0 Å². The predicted molar refractivity (Wildman–Crippen MR) is 74.5 cm³/mol. The molecule has 2 aromatic rings. The molecule has 0 fully saturated rings. The molecule has 92 valence electrons. The SMILES string of the molecule is ON=C(CCc1ccc(Cl)cc1)c1ccccc1. The van der Waals surface area contributed by atoms with Gasteiger partial charge in [-0.3, -0.25) is 0 Å². The summed E-state index contributed by atoms with van der Waals surface area (Å²) in [6.07, 6.45) is 1.52. The Bertz CT molecular complexity index is 520. The van der Waals surface area contributed by atoms with Crippen LogP contribution in [0.3, 0.4) is 0 Å². The molecule has 0 unspecified atom stereocenters. The van der Waals surface area contributed by atoms with Gasteiger partial charge in [-0.25, -0.2) is 0 Å². The van der Waals surface area contributed by atoms with Gasteiger partial charge in [0.1, 0.15) is 0 Å². The lowest BCUT2D eigenvalue weighted by atomic mass is 10.0. The lowest BCUT2D eigenvalue weighted by molar-refractivity contribution is 0.318. The standard InChI is InChI=1S/C15H14ClNO/c16-14-9-6-12(7-10-14)8-11-15(17-18)13-4-2-1-3-5-13/h1-7,9-10,18H,8,11H2. The Labute approximate surface area is 112 Å². The summed E-state index contributed by atoms with van der Waals surface area (Å²) < 4.78 is 0. The predicted octanol–water partition coefficient (Wildman–Crippen LogP) is 4.15. The van der Waals surface area contributed by atoms with Gasteiger partial charge in [0, 0.05) is 5.02 Å². The fourth-order valence-electron chi connectivity index (χ4n) is 1.80. The number of benzene rings is 2. The third-order valence-electron chi connectivity index (χ3n) is 2.79. The second-order valence-corrected chi connectivity index (χ2v) is 4.48. The molecule has 2 aromatic carbocycles. The fraction of sp³-hybridized carbons (Fsp3) is 0.133. The zero-order valence-corrected chi connectivity index (χ0v) is 10.6. The number of hydrogen-bond donors (Lipinski definition) is 1. The minimum absolute atomic E-state index is 0.697. The molecule has 0 heterocycles. The summed E-state index contributed by atoms with van der Waals surface area (Å²) in [6, 6.07) is 17.4. The molecule has 0 amide bonds. The van der Waals surface area contributed by atoms with Gasteiger partial charge in [-0.05, 0) is 36.1 Å². The van der Waals surface area contributed by atoms with Crippen molar-refractivity contribution in [3.63, 3.8) is 0 Å². The molecule has 0 aromatic heterocycles. The maximum atomic E-state index is 9.07. The zero-order valence-electron chi connectivity index (χ0n) is 9.88. The van der Waals surface area contributed by atoms with Crippen molar-refractivity contribution in [2.45, 2.75) is 12.8 Å². The largest absolute Gasteiger partial charge is 0.411 e. The molecule has 0 aliphatic heterocycles. The Hall–Kier alpha value is -1.80. The van der Waals surface area contributed by atoms with Crippen LogP contribution in [0.1, 0.15) is 17.5 Å². The molecule has 0 radical (unpaired) electrons. The van der Waals surface area contributed by atoms with Crippen LogP contribution in [0.5, 0.6) is 0 Å². The summed E-state index contributed by atoms with van der Waals surface area (Å²) in [6.45, 7) is 0. The van der Waals surface area contributed by atoms with Crippen LogP contribution >= 0.6 is 11.6 Å². The van der Waals surface area contributed by atoms with E-state index in [9.17, 15) is 0 Å². The first-order valence-electron chi connectivity index (χ1n) is 5.80. The van der Waals surface area contributed by atoms with Gasteiger partial charge in [-0.15, -0.1) is 0 Å². The summed E-state index contributed by atoms with van der Waals surface area (Å²) in [5, 5.41) is 13.2. The van der Waals surface area contributed by atoms with Gasteiger partial charge in [0.05, 0.1) is 5.71 Å². The molecule has 0 saturated heterocycles. The van der Waals surface area contributed by atoms with Gasteiger partial charge < -0.3 is 5.21 Å². The summed E-state index contributed by atoms with van der Waals surface area (Å²) in [5.41, 5.74) is 2.83. The van der Waals surface area contributed by atoms with E-state index in [4.69, 9.17) is 16.8 Å². The maximum Gasteiger partial charge on any atom is 0.0871 e. The number of aryl methyl sites for hydroxylation is 1. The van der Waals surface area contributed by atoms with Crippen molar-refractivity contribution in [3.05, 3.63) is 70.7 Å². The highest BCUT2D eigenvalue weighted by molar-refractivity contribution is 6.30. The second-order valence-electron chi connectivity index (χ2n) is 4.04.